The summed E-state index contributed by atoms with van der Waals surface area (Å²) in [5, 5.41) is 0. The topological polar surface area (TPSA) is 58.4 Å². The number of amides is 2. The summed E-state index contributed by atoms with van der Waals surface area (Å²) in [4.78, 5) is 35.2. The molecule has 2 unspecified atom stereocenters. The number of rotatable bonds is 6. The molecule has 2 aromatic carbocycles. The van der Waals surface area contributed by atoms with Gasteiger partial charge in [0.2, 0.25) is 11.8 Å². The van der Waals surface area contributed by atoms with Crippen molar-refractivity contribution in [1.29, 1.82) is 0 Å². The molecule has 34 heavy (non-hydrogen) atoms. The Labute approximate surface area is 201 Å². The molecule has 2 aliphatic rings. The van der Waals surface area contributed by atoms with E-state index in [0.717, 1.165) is 35.3 Å². The van der Waals surface area contributed by atoms with Gasteiger partial charge >= 0.3 is 0 Å². The normalized spacial score (nSPS) is 20.1. The van der Waals surface area contributed by atoms with Gasteiger partial charge in [-0.25, -0.2) is 4.98 Å². The number of likely N-dealkylation sites (N-methyl/N-ethyl adjacent to an activating group) is 1. The van der Waals surface area contributed by atoms with E-state index in [1.165, 1.54) is 19.3 Å². The van der Waals surface area contributed by atoms with E-state index >= 15 is 0 Å². The number of carbonyl (C=O) groups is 2. The molecule has 1 aliphatic carbocycles. The van der Waals surface area contributed by atoms with Gasteiger partial charge in [0, 0.05) is 32.0 Å². The maximum absolute atomic E-state index is 13.3. The molecule has 1 saturated heterocycles. The number of aromatic nitrogens is 2. The van der Waals surface area contributed by atoms with Gasteiger partial charge in [0.15, 0.2) is 0 Å². The largest absolute Gasteiger partial charge is 0.341 e. The maximum Gasteiger partial charge on any atom is 0.242 e. The predicted octanol–water partition coefficient (Wildman–Crippen LogP) is 4.90. The van der Waals surface area contributed by atoms with Crippen LogP contribution < -0.4 is 0 Å². The van der Waals surface area contributed by atoms with E-state index in [9.17, 15) is 9.59 Å². The van der Waals surface area contributed by atoms with E-state index in [4.69, 9.17) is 4.98 Å². The minimum Gasteiger partial charge on any atom is -0.341 e. The highest BCUT2D eigenvalue weighted by Crippen LogP contribution is 2.35. The summed E-state index contributed by atoms with van der Waals surface area (Å²) < 4.78 is 2.06. The van der Waals surface area contributed by atoms with Crippen LogP contribution in [0.3, 0.4) is 0 Å². The highest BCUT2D eigenvalue weighted by Gasteiger charge is 2.37. The van der Waals surface area contributed by atoms with Crippen molar-refractivity contribution in [2.75, 3.05) is 13.6 Å². The van der Waals surface area contributed by atoms with Crippen LogP contribution in [0.2, 0.25) is 0 Å². The van der Waals surface area contributed by atoms with Crippen molar-refractivity contribution in [3.63, 3.8) is 0 Å². The molecule has 178 valence electrons. The minimum absolute atomic E-state index is 0.00981. The quantitative estimate of drug-likeness (QED) is 0.528. The van der Waals surface area contributed by atoms with E-state index in [2.05, 4.69) is 23.6 Å². The van der Waals surface area contributed by atoms with E-state index in [-0.39, 0.29) is 30.3 Å². The lowest BCUT2D eigenvalue weighted by atomic mass is 9.94. The summed E-state index contributed by atoms with van der Waals surface area (Å²) in [7, 11) is 1.94. The minimum atomic E-state index is -0.0288. The van der Waals surface area contributed by atoms with Gasteiger partial charge in [0.1, 0.15) is 12.4 Å². The number of hydrogen-bond acceptors (Lipinski definition) is 3. The zero-order valence-corrected chi connectivity index (χ0v) is 20.2. The Hall–Kier alpha value is -3.15. The molecule has 0 spiro atoms. The Morgan fingerprint density at radius 3 is 2.53 bits per heavy atom. The Morgan fingerprint density at radius 1 is 1.06 bits per heavy atom. The molecule has 2 heterocycles. The standard InChI is InChI=1S/C28H34N4O2/c1-20(21-11-5-3-6-12-21)31-18-22(17-26(31)33)28-29-24-15-9-10-16-25(24)32(28)19-27(34)30(2)23-13-7-4-8-14-23/h3,5-6,9-12,15-16,20,22-23H,4,7-8,13-14,17-19H2,1-2H3. The molecular weight excluding hydrogens is 424 g/mol. The Bertz CT molecular complexity index is 1170. The van der Waals surface area contributed by atoms with Gasteiger partial charge < -0.3 is 14.4 Å². The van der Waals surface area contributed by atoms with Gasteiger partial charge in [-0.3, -0.25) is 9.59 Å². The maximum atomic E-state index is 13.3. The zero-order chi connectivity index (χ0) is 23.7. The second kappa shape index (κ2) is 9.61. The molecule has 0 N–H and O–H groups in total. The summed E-state index contributed by atoms with van der Waals surface area (Å²) in [5.74, 6) is 1.09. The van der Waals surface area contributed by atoms with Gasteiger partial charge in [-0.1, -0.05) is 61.7 Å². The lowest BCUT2D eigenvalue weighted by Gasteiger charge is -2.31. The molecule has 2 atom stereocenters. The zero-order valence-electron chi connectivity index (χ0n) is 20.2. The number of imidazole rings is 1. The first kappa shape index (κ1) is 22.6. The molecule has 6 nitrogen and oxygen atoms in total. The Kier molecular flexibility index (Phi) is 6.40. The predicted molar refractivity (Wildman–Crippen MR) is 133 cm³/mol. The Morgan fingerprint density at radius 2 is 1.76 bits per heavy atom. The number of likely N-dealkylation sites (tertiary alicyclic amines) is 1. The molecule has 1 aliphatic heterocycles. The molecule has 0 radical (unpaired) electrons. The molecule has 1 aromatic heterocycles. The van der Waals surface area contributed by atoms with Crippen molar-refractivity contribution in [3.05, 3.63) is 66.0 Å². The van der Waals surface area contributed by atoms with Crippen LogP contribution in [0.4, 0.5) is 0 Å². The van der Waals surface area contributed by atoms with Crippen LogP contribution in [-0.4, -0.2) is 50.8 Å². The first-order valence-corrected chi connectivity index (χ1v) is 12.6. The number of benzene rings is 2. The van der Waals surface area contributed by atoms with Crippen LogP contribution in [0.15, 0.2) is 54.6 Å². The van der Waals surface area contributed by atoms with E-state index in [0.29, 0.717) is 19.0 Å². The van der Waals surface area contributed by atoms with Crippen LogP contribution in [-0.2, 0) is 16.1 Å². The van der Waals surface area contributed by atoms with Crippen molar-refractivity contribution < 1.29 is 9.59 Å². The molecule has 2 amide bonds. The van der Waals surface area contributed by atoms with Crippen LogP contribution in [0.1, 0.15) is 68.8 Å². The van der Waals surface area contributed by atoms with E-state index in [1.54, 1.807) is 0 Å². The number of hydrogen-bond donors (Lipinski definition) is 0. The van der Waals surface area contributed by atoms with Gasteiger partial charge in [-0.15, -0.1) is 0 Å². The van der Waals surface area contributed by atoms with Crippen molar-refractivity contribution in [1.82, 2.24) is 19.4 Å². The van der Waals surface area contributed by atoms with Crippen LogP contribution >= 0.6 is 0 Å². The molecule has 5 rings (SSSR count). The smallest absolute Gasteiger partial charge is 0.242 e. The fourth-order valence-electron chi connectivity index (χ4n) is 5.68. The van der Waals surface area contributed by atoms with Gasteiger partial charge in [0.25, 0.3) is 0 Å². The molecule has 2 fully saturated rings. The van der Waals surface area contributed by atoms with Crippen LogP contribution in [0, 0.1) is 0 Å². The monoisotopic (exact) mass is 458 g/mol. The summed E-state index contributed by atoms with van der Waals surface area (Å²) in [6.45, 7) is 2.97. The third kappa shape index (κ3) is 4.33. The summed E-state index contributed by atoms with van der Waals surface area (Å²) >= 11 is 0. The summed E-state index contributed by atoms with van der Waals surface area (Å²) in [6, 6.07) is 18.5. The average Bonchev–Trinajstić information content (AvgIpc) is 3.44. The summed E-state index contributed by atoms with van der Waals surface area (Å²) in [6.07, 6.45) is 6.25. The number of fused-ring (bicyclic) bond motifs is 1. The molecule has 1 saturated carbocycles. The number of carbonyl (C=O) groups excluding carboxylic acids is 2. The Balaban J connectivity index is 1.41. The third-order valence-electron chi connectivity index (χ3n) is 7.77. The number of para-hydroxylation sites is 2. The SMILES string of the molecule is CC(c1ccccc1)N1CC(c2nc3ccccc3n2CC(=O)N(C)C2CCCCC2)CC1=O. The van der Waals surface area contributed by atoms with E-state index in [1.807, 2.05) is 59.3 Å². The third-order valence-corrected chi connectivity index (χ3v) is 7.77. The highest BCUT2D eigenvalue weighted by molar-refractivity contribution is 5.83. The first-order valence-electron chi connectivity index (χ1n) is 12.6. The van der Waals surface area contributed by atoms with Gasteiger partial charge in [0.05, 0.1) is 17.1 Å². The first-order chi connectivity index (χ1) is 16.5. The summed E-state index contributed by atoms with van der Waals surface area (Å²) in [5.41, 5.74) is 2.98. The van der Waals surface area contributed by atoms with Gasteiger partial charge in [-0.2, -0.15) is 0 Å². The highest BCUT2D eigenvalue weighted by atomic mass is 16.2. The second-order valence-electron chi connectivity index (χ2n) is 9.88. The van der Waals surface area contributed by atoms with Crippen molar-refractivity contribution in [2.24, 2.45) is 0 Å². The molecule has 6 heteroatoms. The lowest BCUT2D eigenvalue weighted by molar-refractivity contribution is -0.133. The lowest BCUT2D eigenvalue weighted by Crippen LogP contribution is -2.40. The number of nitrogens with zero attached hydrogens (tertiary/aromatic N) is 4. The van der Waals surface area contributed by atoms with Crippen molar-refractivity contribution in [2.45, 2.75) is 70.0 Å². The van der Waals surface area contributed by atoms with Gasteiger partial charge in [-0.05, 0) is 37.5 Å². The fourth-order valence-corrected chi connectivity index (χ4v) is 5.68. The van der Waals surface area contributed by atoms with E-state index < -0.39 is 0 Å². The second-order valence-corrected chi connectivity index (χ2v) is 9.88. The molecular formula is C28H34N4O2. The van der Waals surface area contributed by atoms with Crippen molar-refractivity contribution >= 4 is 22.8 Å². The molecule has 3 aromatic rings. The van der Waals surface area contributed by atoms with Crippen LogP contribution in [0.5, 0.6) is 0 Å². The van der Waals surface area contributed by atoms with Crippen LogP contribution in [0.25, 0.3) is 11.0 Å². The average molecular weight is 459 g/mol. The fraction of sp³-hybridized carbons (Fsp3) is 0.464. The molecule has 0 bridgehead atoms. The van der Waals surface area contributed by atoms with Crippen molar-refractivity contribution in [3.8, 4) is 0 Å².